The van der Waals surface area contributed by atoms with Crippen molar-refractivity contribution in [3.8, 4) is 12.3 Å². The molecule has 1 atom stereocenters. The Hall–Kier alpha value is -3.13. The Morgan fingerprint density at radius 1 is 1.12 bits per heavy atom. The van der Waals surface area contributed by atoms with Crippen LogP contribution in [0.5, 0.6) is 0 Å². The number of amides is 2. The molecule has 0 unspecified atom stereocenters. The highest BCUT2D eigenvalue weighted by Crippen LogP contribution is 2.19. The van der Waals surface area contributed by atoms with Gasteiger partial charge in [-0.3, -0.25) is 14.6 Å². The number of nitrogens with one attached hydrogen (secondary N) is 2. The van der Waals surface area contributed by atoms with Crippen LogP contribution in [0.3, 0.4) is 0 Å². The number of rotatable bonds is 4. The Kier molecular flexibility index (Phi) is 5.69. The maximum atomic E-state index is 12.2. The number of aromatic nitrogens is 1. The van der Waals surface area contributed by atoms with Crippen LogP contribution >= 0.6 is 0 Å². The van der Waals surface area contributed by atoms with E-state index in [2.05, 4.69) is 21.5 Å². The zero-order chi connectivity index (χ0) is 17.5. The van der Waals surface area contributed by atoms with Crippen molar-refractivity contribution in [1.82, 2.24) is 10.3 Å². The zero-order valence-electron chi connectivity index (χ0n) is 13.6. The molecule has 0 aliphatic carbocycles. The highest BCUT2D eigenvalue weighted by molar-refractivity contribution is 6.39. The van der Waals surface area contributed by atoms with Crippen molar-refractivity contribution in [2.45, 2.75) is 19.9 Å². The molecule has 0 saturated heterocycles. The highest BCUT2D eigenvalue weighted by Gasteiger charge is 2.23. The van der Waals surface area contributed by atoms with Crippen LogP contribution < -0.4 is 10.6 Å². The van der Waals surface area contributed by atoms with Gasteiger partial charge in [-0.2, -0.15) is 0 Å². The third-order valence-electron chi connectivity index (χ3n) is 3.45. The average molecular weight is 321 g/mol. The van der Waals surface area contributed by atoms with E-state index in [0.29, 0.717) is 16.9 Å². The Morgan fingerprint density at radius 3 is 2.54 bits per heavy atom. The van der Waals surface area contributed by atoms with Crippen LogP contribution in [0.4, 0.5) is 5.69 Å². The number of carbonyl (C=O) groups excluding carboxylic acids is 2. The summed E-state index contributed by atoms with van der Waals surface area (Å²) in [6.07, 6.45) is 6.98. The monoisotopic (exact) mass is 321 g/mol. The van der Waals surface area contributed by atoms with Crippen LogP contribution in [0.2, 0.25) is 0 Å². The molecule has 1 aromatic heterocycles. The maximum Gasteiger partial charge on any atom is 0.313 e. The van der Waals surface area contributed by atoms with Crippen LogP contribution in [0.1, 0.15) is 31.1 Å². The fraction of sp³-hybridized carbons (Fsp3) is 0.211. The molecule has 0 bridgehead atoms. The van der Waals surface area contributed by atoms with Crippen molar-refractivity contribution in [1.29, 1.82) is 0 Å². The van der Waals surface area contributed by atoms with E-state index in [1.807, 2.05) is 26.0 Å². The Labute approximate surface area is 141 Å². The lowest BCUT2D eigenvalue weighted by atomic mass is 10.0. The van der Waals surface area contributed by atoms with Crippen molar-refractivity contribution in [3.63, 3.8) is 0 Å². The van der Waals surface area contributed by atoms with E-state index in [1.165, 1.54) is 0 Å². The van der Waals surface area contributed by atoms with Gasteiger partial charge >= 0.3 is 11.8 Å². The number of nitrogens with zero attached hydrogens (tertiary/aromatic N) is 1. The average Bonchev–Trinajstić information content (AvgIpc) is 2.60. The molecule has 5 heteroatoms. The van der Waals surface area contributed by atoms with Crippen LogP contribution in [0, 0.1) is 18.3 Å². The third-order valence-corrected chi connectivity index (χ3v) is 3.45. The lowest BCUT2D eigenvalue weighted by Gasteiger charge is -2.21. The predicted molar refractivity (Wildman–Crippen MR) is 93.0 cm³/mol. The summed E-state index contributed by atoms with van der Waals surface area (Å²) in [5.74, 6) is 1.10. The van der Waals surface area contributed by atoms with E-state index >= 15 is 0 Å². The van der Waals surface area contributed by atoms with Gasteiger partial charge in [0.1, 0.15) is 0 Å². The van der Waals surface area contributed by atoms with Crippen LogP contribution in [0.25, 0.3) is 0 Å². The van der Waals surface area contributed by atoms with Gasteiger partial charge in [0.15, 0.2) is 0 Å². The largest absolute Gasteiger partial charge is 0.339 e. The van der Waals surface area contributed by atoms with Gasteiger partial charge in [0, 0.05) is 17.4 Å². The van der Waals surface area contributed by atoms with Crippen LogP contribution in [0.15, 0.2) is 48.7 Å². The molecular formula is C19H19N3O2. The summed E-state index contributed by atoms with van der Waals surface area (Å²) in [6, 6.07) is 11.9. The highest BCUT2D eigenvalue weighted by atomic mass is 16.2. The molecule has 2 aromatic rings. The molecule has 0 saturated carbocycles. The summed E-state index contributed by atoms with van der Waals surface area (Å²) >= 11 is 0. The first-order valence-corrected chi connectivity index (χ1v) is 7.60. The number of terminal acetylenes is 1. The number of hydrogen-bond acceptors (Lipinski definition) is 3. The Balaban J connectivity index is 2.07. The van der Waals surface area contributed by atoms with Gasteiger partial charge in [-0.05, 0) is 36.2 Å². The molecule has 1 aromatic carbocycles. The molecule has 0 spiro atoms. The fourth-order valence-corrected chi connectivity index (χ4v) is 2.22. The van der Waals surface area contributed by atoms with Gasteiger partial charge in [-0.1, -0.05) is 31.9 Å². The first-order valence-electron chi connectivity index (χ1n) is 7.60. The van der Waals surface area contributed by atoms with E-state index < -0.39 is 11.8 Å². The summed E-state index contributed by atoms with van der Waals surface area (Å²) in [5, 5.41) is 5.27. The predicted octanol–water partition coefficient (Wildman–Crippen LogP) is 2.51. The minimum absolute atomic E-state index is 0.0846. The first kappa shape index (κ1) is 17.2. The van der Waals surface area contributed by atoms with Crippen LogP contribution in [-0.2, 0) is 9.59 Å². The number of hydrogen-bond donors (Lipinski definition) is 2. The molecule has 0 fully saturated rings. The molecule has 24 heavy (non-hydrogen) atoms. The van der Waals surface area contributed by atoms with Crippen molar-refractivity contribution in [3.05, 3.63) is 59.9 Å². The summed E-state index contributed by atoms with van der Waals surface area (Å²) in [5.41, 5.74) is 1.81. The smallest absolute Gasteiger partial charge is 0.313 e. The molecule has 2 amide bonds. The summed E-state index contributed by atoms with van der Waals surface area (Å²) in [7, 11) is 0. The number of benzene rings is 1. The number of pyridine rings is 1. The normalized spacial score (nSPS) is 11.4. The van der Waals surface area contributed by atoms with Crippen LogP contribution in [-0.4, -0.2) is 16.8 Å². The fourth-order valence-electron chi connectivity index (χ4n) is 2.22. The number of carbonyl (C=O) groups is 2. The first-order chi connectivity index (χ1) is 11.5. The van der Waals surface area contributed by atoms with Gasteiger partial charge < -0.3 is 10.6 Å². The Morgan fingerprint density at radius 2 is 1.92 bits per heavy atom. The van der Waals surface area contributed by atoms with Crippen molar-refractivity contribution in [2.75, 3.05) is 5.32 Å². The van der Waals surface area contributed by atoms with Gasteiger partial charge in [0.2, 0.25) is 0 Å². The summed E-state index contributed by atoms with van der Waals surface area (Å²) in [6.45, 7) is 3.90. The maximum absolute atomic E-state index is 12.2. The Bertz CT molecular complexity index is 764. The van der Waals surface area contributed by atoms with Crippen molar-refractivity contribution < 1.29 is 9.59 Å². The van der Waals surface area contributed by atoms with E-state index in [-0.39, 0.29) is 12.0 Å². The van der Waals surface area contributed by atoms with Gasteiger partial charge in [0.05, 0.1) is 11.7 Å². The molecule has 1 heterocycles. The number of anilines is 1. The van der Waals surface area contributed by atoms with Crippen molar-refractivity contribution in [2.24, 2.45) is 5.92 Å². The SMILES string of the molecule is C#Cc1cccc(NC(=O)C(=O)N[C@H](c2ccccn2)C(C)C)c1. The molecule has 2 rings (SSSR count). The molecule has 5 nitrogen and oxygen atoms in total. The summed E-state index contributed by atoms with van der Waals surface area (Å²) in [4.78, 5) is 28.6. The molecule has 0 aliphatic heterocycles. The van der Waals surface area contributed by atoms with Gasteiger partial charge in [-0.25, -0.2) is 0 Å². The van der Waals surface area contributed by atoms with Crippen molar-refractivity contribution >= 4 is 17.5 Å². The van der Waals surface area contributed by atoms with E-state index in [1.54, 1.807) is 36.5 Å². The second-order valence-corrected chi connectivity index (χ2v) is 5.63. The molecule has 0 radical (unpaired) electrons. The lowest BCUT2D eigenvalue weighted by Crippen LogP contribution is -2.39. The topological polar surface area (TPSA) is 71.1 Å². The standard InChI is InChI=1S/C19H19N3O2/c1-4-14-8-7-9-15(12-14)21-18(23)19(24)22-17(13(2)3)16-10-5-6-11-20-16/h1,5-13,17H,2-3H3,(H,21,23)(H,22,24)/t17-/m0/s1. The minimum atomic E-state index is -0.745. The molecular weight excluding hydrogens is 302 g/mol. The zero-order valence-corrected chi connectivity index (χ0v) is 13.6. The van der Waals surface area contributed by atoms with E-state index in [9.17, 15) is 9.59 Å². The van der Waals surface area contributed by atoms with E-state index in [4.69, 9.17) is 6.42 Å². The summed E-state index contributed by atoms with van der Waals surface area (Å²) < 4.78 is 0. The van der Waals surface area contributed by atoms with Gasteiger partial charge in [0.25, 0.3) is 0 Å². The quantitative estimate of drug-likeness (QED) is 0.671. The van der Waals surface area contributed by atoms with Gasteiger partial charge in [-0.15, -0.1) is 6.42 Å². The lowest BCUT2D eigenvalue weighted by molar-refractivity contribution is -0.136. The molecule has 122 valence electrons. The molecule has 2 N–H and O–H groups in total. The second-order valence-electron chi connectivity index (χ2n) is 5.63. The van der Waals surface area contributed by atoms with E-state index in [0.717, 1.165) is 0 Å². The minimum Gasteiger partial charge on any atom is -0.339 e. The second kappa shape index (κ2) is 7.93. The third kappa shape index (κ3) is 4.43. The molecule has 0 aliphatic rings.